The number of nitrogens with zero attached hydrogens (tertiary/aromatic N) is 1. The standard InChI is InChI=1S/C35H40N2O3/c1-25(2)31-20-32(35-30-16-15-29(19-28(30)22-36-35)38-18-17-37(3)4)34(40-24-27-13-9-6-10-14-27)21-33(31)39-23-26-11-7-5-8-12-26/h5-16,19-21,25,35-36H,17-18,22-24H2,1-4H3. The number of likely N-dealkylation sites (N-methyl/N-ethyl adjacent to an activating group) is 1. The molecule has 0 saturated carbocycles. The van der Waals surface area contributed by atoms with Crippen LogP contribution in [0.5, 0.6) is 17.2 Å². The highest BCUT2D eigenvalue weighted by Crippen LogP contribution is 2.42. The van der Waals surface area contributed by atoms with Gasteiger partial charge in [-0.3, -0.25) is 0 Å². The van der Waals surface area contributed by atoms with Crippen LogP contribution in [0.1, 0.15) is 59.2 Å². The summed E-state index contributed by atoms with van der Waals surface area (Å²) in [5.41, 5.74) is 7.10. The average Bonchev–Trinajstić information content (AvgIpc) is 3.38. The van der Waals surface area contributed by atoms with Crippen molar-refractivity contribution in [3.05, 3.63) is 124 Å². The predicted octanol–water partition coefficient (Wildman–Crippen LogP) is 7.10. The Hall–Kier alpha value is -3.80. The molecule has 1 N–H and O–H groups in total. The van der Waals surface area contributed by atoms with E-state index in [-0.39, 0.29) is 6.04 Å². The summed E-state index contributed by atoms with van der Waals surface area (Å²) in [6, 6.07) is 31.4. The zero-order chi connectivity index (χ0) is 27.9. The Morgan fingerprint density at radius 2 is 1.40 bits per heavy atom. The van der Waals surface area contributed by atoms with E-state index in [0.29, 0.717) is 25.7 Å². The van der Waals surface area contributed by atoms with Crippen LogP contribution >= 0.6 is 0 Å². The SMILES string of the molecule is CC(C)c1cc(C2NCc3cc(OCCN(C)C)ccc32)c(OCc2ccccc2)cc1OCc1ccccc1. The first-order valence-corrected chi connectivity index (χ1v) is 14.1. The van der Waals surface area contributed by atoms with Crippen LogP contribution in [0.2, 0.25) is 0 Å². The summed E-state index contributed by atoms with van der Waals surface area (Å²) in [7, 11) is 4.11. The first kappa shape index (κ1) is 27.8. The van der Waals surface area contributed by atoms with Gasteiger partial charge in [-0.1, -0.05) is 80.6 Å². The Balaban J connectivity index is 1.46. The summed E-state index contributed by atoms with van der Waals surface area (Å²) in [5, 5.41) is 3.74. The minimum absolute atomic E-state index is 0.0253. The molecule has 0 amide bonds. The van der Waals surface area contributed by atoms with E-state index in [0.717, 1.165) is 47.0 Å². The lowest BCUT2D eigenvalue weighted by Gasteiger charge is -2.23. The molecule has 5 nitrogen and oxygen atoms in total. The van der Waals surface area contributed by atoms with Gasteiger partial charge in [0.05, 0.1) is 6.04 Å². The molecule has 0 bridgehead atoms. The van der Waals surface area contributed by atoms with Gasteiger partial charge in [0.1, 0.15) is 37.1 Å². The van der Waals surface area contributed by atoms with Crippen LogP contribution in [-0.2, 0) is 19.8 Å². The molecule has 1 atom stereocenters. The summed E-state index contributed by atoms with van der Waals surface area (Å²) in [4.78, 5) is 2.13. The molecule has 4 aromatic carbocycles. The molecule has 1 unspecified atom stereocenters. The minimum atomic E-state index is 0.0253. The van der Waals surface area contributed by atoms with E-state index in [2.05, 4.69) is 92.8 Å². The molecule has 5 rings (SSSR count). The largest absolute Gasteiger partial charge is 0.492 e. The van der Waals surface area contributed by atoms with E-state index in [1.165, 1.54) is 16.7 Å². The molecule has 40 heavy (non-hydrogen) atoms. The third-order valence-corrected chi connectivity index (χ3v) is 7.28. The van der Waals surface area contributed by atoms with Crippen molar-refractivity contribution in [2.75, 3.05) is 27.2 Å². The van der Waals surface area contributed by atoms with Gasteiger partial charge in [-0.05, 0) is 66.0 Å². The first-order chi connectivity index (χ1) is 19.5. The Morgan fingerprint density at radius 3 is 2.02 bits per heavy atom. The maximum atomic E-state index is 6.53. The van der Waals surface area contributed by atoms with Crippen molar-refractivity contribution < 1.29 is 14.2 Å². The molecule has 0 fully saturated rings. The molecule has 208 valence electrons. The zero-order valence-electron chi connectivity index (χ0n) is 24.0. The maximum absolute atomic E-state index is 6.53. The monoisotopic (exact) mass is 536 g/mol. The van der Waals surface area contributed by atoms with Gasteiger partial charge in [-0.2, -0.15) is 0 Å². The van der Waals surface area contributed by atoms with E-state index in [4.69, 9.17) is 14.2 Å². The lowest BCUT2D eigenvalue weighted by atomic mass is 9.92. The molecule has 1 aliphatic heterocycles. The number of ether oxygens (including phenoxy) is 3. The Morgan fingerprint density at radius 1 is 0.750 bits per heavy atom. The van der Waals surface area contributed by atoms with Crippen LogP contribution < -0.4 is 19.5 Å². The van der Waals surface area contributed by atoms with Crippen molar-refractivity contribution >= 4 is 0 Å². The molecular formula is C35H40N2O3. The molecule has 0 spiro atoms. The Labute approximate surface area is 238 Å². The lowest BCUT2D eigenvalue weighted by Crippen LogP contribution is -2.19. The fraction of sp³-hybridized carbons (Fsp3) is 0.314. The lowest BCUT2D eigenvalue weighted by molar-refractivity contribution is 0.261. The second-order valence-corrected chi connectivity index (χ2v) is 11.0. The molecule has 0 radical (unpaired) electrons. The highest BCUT2D eigenvalue weighted by Gasteiger charge is 2.28. The average molecular weight is 537 g/mol. The number of benzene rings is 4. The van der Waals surface area contributed by atoms with Crippen molar-refractivity contribution in [2.45, 2.75) is 45.6 Å². The fourth-order valence-corrected chi connectivity index (χ4v) is 5.05. The highest BCUT2D eigenvalue weighted by molar-refractivity contribution is 5.54. The topological polar surface area (TPSA) is 43.0 Å². The van der Waals surface area contributed by atoms with Gasteiger partial charge in [0.25, 0.3) is 0 Å². The van der Waals surface area contributed by atoms with Gasteiger partial charge >= 0.3 is 0 Å². The van der Waals surface area contributed by atoms with Crippen molar-refractivity contribution in [3.8, 4) is 17.2 Å². The molecular weight excluding hydrogens is 496 g/mol. The van der Waals surface area contributed by atoms with Gasteiger partial charge in [0.15, 0.2) is 0 Å². The molecule has 1 aliphatic rings. The van der Waals surface area contributed by atoms with Gasteiger partial charge in [-0.25, -0.2) is 0 Å². The summed E-state index contributed by atoms with van der Waals surface area (Å²) < 4.78 is 19.0. The number of hydrogen-bond acceptors (Lipinski definition) is 5. The van der Waals surface area contributed by atoms with E-state index < -0.39 is 0 Å². The number of nitrogens with one attached hydrogen (secondary N) is 1. The van der Waals surface area contributed by atoms with Crippen molar-refractivity contribution in [2.24, 2.45) is 0 Å². The molecule has 1 heterocycles. The molecule has 4 aromatic rings. The summed E-state index contributed by atoms with van der Waals surface area (Å²) in [6.45, 7) is 7.77. The van der Waals surface area contributed by atoms with Crippen LogP contribution in [-0.4, -0.2) is 32.1 Å². The fourth-order valence-electron chi connectivity index (χ4n) is 5.05. The highest BCUT2D eigenvalue weighted by atomic mass is 16.5. The Kier molecular flexibility index (Phi) is 9.04. The van der Waals surface area contributed by atoms with E-state index in [1.54, 1.807) is 0 Å². The third-order valence-electron chi connectivity index (χ3n) is 7.28. The van der Waals surface area contributed by atoms with Gasteiger partial charge < -0.3 is 24.4 Å². The summed E-state index contributed by atoms with van der Waals surface area (Å²) in [5.74, 6) is 2.92. The van der Waals surface area contributed by atoms with Crippen LogP contribution in [0.15, 0.2) is 91.0 Å². The third kappa shape index (κ3) is 6.85. The van der Waals surface area contributed by atoms with Gasteiger partial charge in [0.2, 0.25) is 0 Å². The van der Waals surface area contributed by atoms with Crippen molar-refractivity contribution in [1.82, 2.24) is 10.2 Å². The first-order valence-electron chi connectivity index (χ1n) is 14.1. The normalized spacial score (nSPS) is 14.4. The predicted molar refractivity (Wildman–Crippen MR) is 161 cm³/mol. The van der Waals surface area contributed by atoms with Gasteiger partial charge in [0, 0.05) is 24.7 Å². The van der Waals surface area contributed by atoms with Crippen LogP contribution in [0.4, 0.5) is 0 Å². The zero-order valence-corrected chi connectivity index (χ0v) is 24.0. The minimum Gasteiger partial charge on any atom is -0.492 e. The number of rotatable bonds is 12. The quantitative estimate of drug-likeness (QED) is 0.209. The number of hydrogen-bond donors (Lipinski definition) is 1. The molecule has 0 aromatic heterocycles. The molecule has 0 saturated heterocycles. The second kappa shape index (κ2) is 13.0. The van der Waals surface area contributed by atoms with E-state index >= 15 is 0 Å². The van der Waals surface area contributed by atoms with Crippen LogP contribution in [0, 0.1) is 0 Å². The van der Waals surface area contributed by atoms with Crippen molar-refractivity contribution in [3.63, 3.8) is 0 Å². The molecule has 5 heteroatoms. The summed E-state index contributed by atoms with van der Waals surface area (Å²) in [6.07, 6.45) is 0. The Bertz CT molecular complexity index is 1390. The number of fused-ring (bicyclic) bond motifs is 1. The van der Waals surface area contributed by atoms with E-state index in [9.17, 15) is 0 Å². The van der Waals surface area contributed by atoms with E-state index in [1.807, 2.05) is 36.4 Å². The van der Waals surface area contributed by atoms with Gasteiger partial charge in [-0.15, -0.1) is 0 Å². The summed E-state index contributed by atoms with van der Waals surface area (Å²) >= 11 is 0. The smallest absolute Gasteiger partial charge is 0.128 e. The van der Waals surface area contributed by atoms with Crippen LogP contribution in [0.3, 0.4) is 0 Å². The van der Waals surface area contributed by atoms with Crippen LogP contribution in [0.25, 0.3) is 0 Å². The van der Waals surface area contributed by atoms with Crippen molar-refractivity contribution in [1.29, 1.82) is 0 Å². The second-order valence-electron chi connectivity index (χ2n) is 11.0. The molecule has 0 aliphatic carbocycles. The maximum Gasteiger partial charge on any atom is 0.128 e.